The summed E-state index contributed by atoms with van der Waals surface area (Å²) in [6, 6.07) is 3.24. The lowest BCUT2D eigenvalue weighted by atomic mass is 10.2. The highest BCUT2D eigenvalue weighted by atomic mass is 19.1. The van der Waals surface area contributed by atoms with Crippen LogP contribution in [0.15, 0.2) is 18.2 Å². The maximum absolute atomic E-state index is 13.0. The van der Waals surface area contributed by atoms with Crippen LogP contribution in [0.25, 0.3) is 0 Å². The third-order valence-corrected chi connectivity index (χ3v) is 3.09. The molecule has 0 amide bonds. The average Bonchev–Trinajstić information content (AvgIpc) is 2.86. The first-order chi connectivity index (χ1) is 8.13. The van der Waals surface area contributed by atoms with Crippen molar-refractivity contribution in [1.29, 1.82) is 0 Å². The molecule has 2 atom stereocenters. The van der Waals surface area contributed by atoms with Crippen molar-refractivity contribution < 1.29 is 18.8 Å². The van der Waals surface area contributed by atoms with Gasteiger partial charge in [-0.05, 0) is 6.07 Å². The number of nitrogens with zero attached hydrogens (tertiary/aromatic N) is 1. The zero-order valence-corrected chi connectivity index (χ0v) is 8.84. The van der Waals surface area contributed by atoms with Gasteiger partial charge in [-0.2, -0.15) is 0 Å². The summed E-state index contributed by atoms with van der Waals surface area (Å²) in [5.74, 6) is -0.536. The summed E-state index contributed by atoms with van der Waals surface area (Å²) in [5, 5.41) is 10.8. The summed E-state index contributed by atoms with van der Waals surface area (Å²) in [4.78, 5) is 10.2. The van der Waals surface area contributed by atoms with Gasteiger partial charge in [-0.3, -0.25) is 10.1 Å². The Kier molecular flexibility index (Phi) is 2.25. The smallest absolute Gasteiger partial charge is 0.311 e. The van der Waals surface area contributed by atoms with Crippen LogP contribution in [-0.2, 0) is 4.74 Å². The summed E-state index contributed by atoms with van der Waals surface area (Å²) >= 11 is 0. The molecule has 2 fully saturated rings. The van der Waals surface area contributed by atoms with E-state index in [1.54, 1.807) is 0 Å². The van der Waals surface area contributed by atoms with Gasteiger partial charge in [-0.1, -0.05) is 0 Å². The van der Waals surface area contributed by atoms with Crippen LogP contribution in [0.2, 0.25) is 0 Å². The minimum Gasteiger partial charge on any atom is -0.483 e. The van der Waals surface area contributed by atoms with Crippen molar-refractivity contribution in [3.8, 4) is 5.75 Å². The van der Waals surface area contributed by atoms with Gasteiger partial charge in [0.05, 0.1) is 17.1 Å². The molecule has 2 aliphatic rings. The van der Waals surface area contributed by atoms with Gasteiger partial charge in [-0.25, -0.2) is 4.39 Å². The van der Waals surface area contributed by atoms with Gasteiger partial charge in [0.25, 0.3) is 0 Å². The number of hydrogen-bond acceptors (Lipinski definition) is 4. The molecule has 2 unspecified atom stereocenters. The number of benzene rings is 1. The molecule has 1 aromatic carbocycles. The highest BCUT2D eigenvalue weighted by Crippen LogP contribution is 2.41. The van der Waals surface area contributed by atoms with Crippen molar-refractivity contribution in [2.45, 2.75) is 31.2 Å². The van der Waals surface area contributed by atoms with Crippen LogP contribution in [0.3, 0.4) is 0 Å². The number of halogens is 1. The molecule has 3 rings (SSSR count). The third-order valence-electron chi connectivity index (χ3n) is 3.09. The first kappa shape index (κ1) is 10.5. The van der Waals surface area contributed by atoms with Gasteiger partial charge in [0.15, 0.2) is 5.75 Å². The Morgan fingerprint density at radius 2 is 2.12 bits per heavy atom. The van der Waals surface area contributed by atoms with Crippen molar-refractivity contribution in [2.24, 2.45) is 0 Å². The maximum atomic E-state index is 13.0. The van der Waals surface area contributed by atoms with Crippen LogP contribution in [0.5, 0.6) is 5.75 Å². The standard InChI is InChI=1S/C11H10FNO4/c12-6-1-2-8(13(14)15)9(3-6)16-7-4-10-11(5-7)17-10/h1-3,7,10-11H,4-5H2. The Hall–Kier alpha value is -1.69. The van der Waals surface area contributed by atoms with E-state index in [1.165, 1.54) is 0 Å². The normalized spacial score (nSPS) is 29.8. The van der Waals surface area contributed by atoms with E-state index in [4.69, 9.17) is 9.47 Å². The molecule has 0 aromatic heterocycles. The van der Waals surface area contributed by atoms with Crippen LogP contribution in [-0.4, -0.2) is 23.2 Å². The molecule has 1 aliphatic heterocycles. The van der Waals surface area contributed by atoms with E-state index in [9.17, 15) is 14.5 Å². The van der Waals surface area contributed by atoms with Crippen LogP contribution in [0.1, 0.15) is 12.8 Å². The van der Waals surface area contributed by atoms with E-state index in [-0.39, 0.29) is 29.7 Å². The molecule has 1 aliphatic carbocycles. The van der Waals surface area contributed by atoms with E-state index in [2.05, 4.69) is 0 Å². The number of hydrogen-bond donors (Lipinski definition) is 0. The summed E-state index contributed by atoms with van der Waals surface area (Å²) in [6.07, 6.45) is 1.79. The molecule has 0 bridgehead atoms. The second kappa shape index (κ2) is 3.66. The fourth-order valence-electron chi connectivity index (χ4n) is 2.22. The van der Waals surface area contributed by atoms with Crippen LogP contribution < -0.4 is 4.74 Å². The van der Waals surface area contributed by atoms with Crippen molar-refractivity contribution in [1.82, 2.24) is 0 Å². The zero-order chi connectivity index (χ0) is 12.0. The van der Waals surface area contributed by atoms with Crippen molar-refractivity contribution in [2.75, 3.05) is 0 Å². The van der Waals surface area contributed by atoms with Gasteiger partial charge in [0.2, 0.25) is 0 Å². The summed E-state index contributed by atoms with van der Waals surface area (Å²) < 4.78 is 23.8. The summed E-state index contributed by atoms with van der Waals surface area (Å²) in [6.45, 7) is 0. The molecule has 90 valence electrons. The zero-order valence-electron chi connectivity index (χ0n) is 8.84. The molecule has 0 spiro atoms. The molecule has 0 N–H and O–H groups in total. The van der Waals surface area contributed by atoms with Crippen LogP contribution in [0.4, 0.5) is 10.1 Å². The highest BCUT2D eigenvalue weighted by Gasteiger charge is 2.49. The van der Waals surface area contributed by atoms with Crippen LogP contribution >= 0.6 is 0 Å². The van der Waals surface area contributed by atoms with Gasteiger partial charge in [0, 0.05) is 25.0 Å². The molecule has 1 heterocycles. The van der Waals surface area contributed by atoms with Crippen molar-refractivity contribution >= 4 is 5.69 Å². The van der Waals surface area contributed by atoms with Crippen molar-refractivity contribution in [3.05, 3.63) is 34.1 Å². The predicted molar refractivity (Wildman–Crippen MR) is 55.4 cm³/mol. The fraction of sp³-hybridized carbons (Fsp3) is 0.455. The van der Waals surface area contributed by atoms with E-state index < -0.39 is 10.7 Å². The number of fused-ring (bicyclic) bond motifs is 1. The van der Waals surface area contributed by atoms with Gasteiger partial charge in [0.1, 0.15) is 11.9 Å². The fourth-order valence-corrected chi connectivity index (χ4v) is 2.22. The van der Waals surface area contributed by atoms with Crippen molar-refractivity contribution in [3.63, 3.8) is 0 Å². The predicted octanol–water partition coefficient (Wildman–Crippen LogP) is 2.04. The molecule has 17 heavy (non-hydrogen) atoms. The second-order valence-corrected chi connectivity index (χ2v) is 4.29. The lowest BCUT2D eigenvalue weighted by molar-refractivity contribution is -0.386. The number of nitro groups is 1. The second-order valence-electron chi connectivity index (χ2n) is 4.29. The highest BCUT2D eigenvalue weighted by molar-refractivity contribution is 5.46. The molecular weight excluding hydrogens is 229 g/mol. The number of rotatable bonds is 3. The minimum atomic E-state index is -0.568. The van der Waals surface area contributed by atoms with E-state index >= 15 is 0 Å². The molecule has 6 heteroatoms. The van der Waals surface area contributed by atoms with E-state index in [0.29, 0.717) is 0 Å². The molecule has 1 saturated carbocycles. The van der Waals surface area contributed by atoms with Gasteiger partial charge in [-0.15, -0.1) is 0 Å². The largest absolute Gasteiger partial charge is 0.483 e. The molecule has 1 saturated heterocycles. The first-order valence-corrected chi connectivity index (χ1v) is 5.39. The lowest BCUT2D eigenvalue weighted by Gasteiger charge is -2.14. The number of nitro benzene ring substituents is 1. The first-order valence-electron chi connectivity index (χ1n) is 5.39. The van der Waals surface area contributed by atoms with E-state index in [0.717, 1.165) is 31.0 Å². The minimum absolute atomic E-state index is 0.00120. The Balaban J connectivity index is 1.80. The average molecular weight is 239 g/mol. The van der Waals surface area contributed by atoms with Gasteiger partial charge < -0.3 is 9.47 Å². The topological polar surface area (TPSA) is 64.9 Å². The van der Waals surface area contributed by atoms with Crippen LogP contribution in [0, 0.1) is 15.9 Å². The lowest BCUT2D eigenvalue weighted by Crippen LogP contribution is -2.16. The Morgan fingerprint density at radius 1 is 1.41 bits per heavy atom. The Morgan fingerprint density at radius 3 is 2.76 bits per heavy atom. The SMILES string of the molecule is O=[N+]([O-])c1ccc(F)cc1OC1CC2OC2C1. The molecule has 1 aromatic rings. The quantitative estimate of drug-likeness (QED) is 0.460. The monoisotopic (exact) mass is 239 g/mol. The number of epoxide rings is 1. The maximum Gasteiger partial charge on any atom is 0.311 e. The molecule has 0 radical (unpaired) electrons. The Labute approximate surface area is 96.3 Å². The van der Waals surface area contributed by atoms with E-state index in [1.807, 2.05) is 0 Å². The third kappa shape index (κ3) is 1.95. The molecular formula is C11H10FNO4. The van der Waals surface area contributed by atoms with Gasteiger partial charge >= 0.3 is 5.69 Å². The molecule has 5 nitrogen and oxygen atoms in total. The summed E-state index contributed by atoms with van der Waals surface area (Å²) in [7, 11) is 0. The summed E-state index contributed by atoms with van der Waals surface area (Å²) in [5.41, 5.74) is -0.201. The Bertz CT molecular complexity index is 469. The number of ether oxygens (including phenoxy) is 2.